The van der Waals surface area contributed by atoms with E-state index in [2.05, 4.69) is 17.1 Å². The van der Waals surface area contributed by atoms with Gasteiger partial charge < -0.3 is 19.6 Å². The summed E-state index contributed by atoms with van der Waals surface area (Å²) in [5, 5.41) is 3.86. The number of hydrogen-bond acceptors (Lipinski definition) is 4. The Morgan fingerprint density at radius 3 is 1.55 bits per heavy atom. The summed E-state index contributed by atoms with van der Waals surface area (Å²) >= 11 is 5.48. The van der Waals surface area contributed by atoms with E-state index in [0.717, 1.165) is 31.0 Å². The molecule has 0 bridgehead atoms. The van der Waals surface area contributed by atoms with Gasteiger partial charge in [0.2, 0.25) is 0 Å². The van der Waals surface area contributed by atoms with Gasteiger partial charge in [0.05, 0.1) is 27.7 Å². The van der Waals surface area contributed by atoms with Crippen LogP contribution < -0.4 is 5.32 Å². The van der Waals surface area contributed by atoms with Crippen LogP contribution in [0.3, 0.4) is 0 Å². The summed E-state index contributed by atoms with van der Waals surface area (Å²) in [4.78, 5) is 12.0. The maximum absolute atomic E-state index is 12.0. The molecule has 0 spiro atoms. The first-order chi connectivity index (χ1) is 18.1. The molecule has 1 atom stereocenters. The SMILES string of the molecule is CCCCCCCCCCCCCCCCCCN(CCCCOP(=O)(O)OCC[N+](C)(C)C)C(=S)NC. The van der Waals surface area contributed by atoms with Gasteiger partial charge in [0.25, 0.3) is 0 Å². The fourth-order valence-corrected chi connectivity index (χ4v) is 5.31. The molecule has 0 heterocycles. The second-order valence-corrected chi connectivity index (χ2v) is 13.5. The van der Waals surface area contributed by atoms with Gasteiger partial charge in [-0.3, -0.25) is 9.05 Å². The van der Waals surface area contributed by atoms with Crippen molar-refractivity contribution >= 4 is 25.2 Å². The van der Waals surface area contributed by atoms with Gasteiger partial charge in [0.15, 0.2) is 5.11 Å². The third-order valence-electron chi connectivity index (χ3n) is 6.88. The van der Waals surface area contributed by atoms with Gasteiger partial charge in [-0.2, -0.15) is 0 Å². The van der Waals surface area contributed by atoms with Crippen LogP contribution in [0.25, 0.3) is 0 Å². The number of quaternary nitrogens is 1. The summed E-state index contributed by atoms with van der Waals surface area (Å²) in [7, 11) is 3.91. The van der Waals surface area contributed by atoms with E-state index >= 15 is 0 Å². The van der Waals surface area contributed by atoms with Crippen LogP contribution in [0.15, 0.2) is 0 Å². The molecular formula is C29H63N3O4PS+. The zero-order valence-electron chi connectivity index (χ0n) is 25.7. The van der Waals surface area contributed by atoms with E-state index in [9.17, 15) is 9.46 Å². The van der Waals surface area contributed by atoms with Crippen LogP contribution in [0.4, 0.5) is 0 Å². The smallest absolute Gasteiger partial charge is 0.366 e. The predicted molar refractivity (Wildman–Crippen MR) is 167 cm³/mol. The Bertz CT molecular complexity index is 605. The molecule has 0 rings (SSSR count). The number of thiocarbonyl (C=S) groups is 1. The monoisotopic (exact) mass is 580 g/mol. The van der Waals surface area contributed by atoms with Crippen molar-refractivity contribution in [2.45, 2.75) is 122 Å². The van der Waals surface area contributed by atoms with Gasteiger partial charge in [0, 0.05) is 20.1 Å². The molecule has 0 aromatic heterocycles. The third-order valence-corrected chi connectivity index (χ3v) is 8.36. The van der Waals surface area contributed by atoms with Crippen LogP contribution >= 0.6 is 20.0 Å². The summed E-state index contributed by atoms with van der Waals surface area (Å²) in [6.07, 6.45) is 23.4. The van der Waals surface area contributed by atoms with Gasteiger partial charge in [-0.25, -0.2) is 4.57 Å². The fraction of sp³-hybridized carbons (Fsp3) is 0.966. The average Bonchev–Trinajstić information content (AvgIpc) is 2.85. The van der Waals surface area contributed by atoms with Gasteiger partial charge in [-0.1, -0.05) is 103 Å². The lowest BCUT2D eigenvalue weighted by molar-refractivity contribution is -0.870. The number of unbranched alkanes of at least 4 members (excludes halogenated alkanes) is 16. The van der Waals surface area contributed by atoms with Crippen LogP contribution in [0.5, 0.6) is 0 Å². The standard InChI is InChI=1S/C29H62N3O4PS/c1-6-7-8-9-10-11-12-13-14-15-16-17-18-19-20-21-24-31(29(38)30-2)25-22-23-27-35-37(33,34)36-28-26-32(3,4)5/h6-28H2,1-5H3,(H-,30,33,34,38)/p+1. The summed E-state index contributed by atoms with van der Waals surface area (Å²) in [5.41, 5.74) is 0. The lowest BCUT2D eigenvalue weighted by Crippen LogP contribution is -2.39. The molecule has 0 fully saturated rings. The predicted octanol–water partition coefficient (Wildman–Crippen LogP) is 7.67. The largest absolute Gasteiger partial charge is 0.472 e. The Morgan fingerprint density at radius 1 is 0.737 bits per heavy atom. The van der Waals surface area contributed by atoms with Crippen molar-refractivity contribution < 1.29 is 23.0 Å². The molecule has 0 aliphatic rings. The molecule has 38 heavy (non-hydrogen) atoms. The zero-order valence-corrected chi connectivity index (χ0v) is 27.4. The Hall–Kier alpha value is -0.240. The van der Waals surface area contributed by atoms with Crippen LogP contribution in [0, 0.1) is 0 Å². The molecule has 0 amide bonds. The molecule has 1 unspecified atom stereocenters. The van der Waals surface area contributed by atoms with Crippen LogP contribution in [-0.4, -0.2) is 80.4 Å². The van der Waals surface area contributed by atoms with E-state index in [1.165, 1.54) is 96.3 Å². The summed E-state index contributed by atoms with van der Waals surface area (Å²) in [6.45, 7) is 5.09. The van der Waals surface area contributed by atoms with Crippen molar-refractivity contribution in [1.29, 1.82) is 0 Å². The molecule has 0 aromatic rings. The number of rotatable bonds is 27. The van der Waals surface area contributed by atoms with Gasteiger partial charge >= 0.3 is 7.82 Å². The van der Waals surface area contributed by atoms with Crippen LogP contribution in [-0.2, 0) is 13.6 Å². The summed E-state index contributed by atoms with van der Waals surface area (Å²) < 4.78 is 22.8. The van der Waals surface area contributed by atoms with E-state index in [0.29, 0.717) is 17.4 Å². The van der Waals surface area contributed by atoms with Gasteiger partial charge in [-0.05, 0) is 31.5 Å². The Kier molecular flexibility index (Phi) is 24.4. The molecule has 0 radical (unpaired) electrons. The first-order valence-electron chi connectivity index (χ1n) is 15.5. The van der Waals surface area contributed by atoms with E-state index in [1.54, 1.807) is 0 Å². The van der Waals surface area contributed by atoms with Crippen molar-refractivity contribution in [3.05, 3.63) is 0 Å². The molecule has 228 valence electrons. The highest BCUT2D eigenvalue weighted by atomic mass is 32.1. The number of phosphoric ester groups is 1. The highest BCUT2D eigenvalue weighted by Crippen LogP contribution is 2.43. The van der Waals surface area contributed by atoms with E-state index in [-0.39, 0.29) is 13.2 Å². The van der Waals surface area contributed by atoms with E-state index in [1.807, 2.05) is 28.2 Å². The van der Waals surface area contributed by atoms with Gasteiger partial charge in [0.1, 0.15) is 13.2 Å². The van der Waals surface area contributed by atoms with Crippen molar-refractivity contribution in [2.24, 2.45) is 0 Å². The van der Waals surface area contributed by atoms with Crippen molar-refractivity contribution in [3.63, 3.8) is 0 Å². The summed E-state index contributed by atoms with van der Waals surface area (Å²) in [5.74, 6) is 0. The molecule has 0 saturated heterocycles. The molecule has 7 nitrogen and oxygen atoms in total. The quantitative estimate of drug-likeness (QED) is 0.0447. The molecule has 2 N–H and O–H groups in total. The number of phosphoric acid groups is 1. The van der Waals surface area contributed by atoms with Crippen LogP contribution in [0.2, 0.25) is 0 Å². The van der Waals surface area contributed by atoms with Crippen molar-refractivity contribution in [2.75, 3.05) is 61.0 Å². The minimum absolute atomic E-state index is 0.195. The molecule has 0 aliphatic heterocycles. The maximum Gasteiger partial charge on any atom is 0.472 e. The van der Waals surface area contributed by atoms with Gasteiger partial charge in [-0.15, -0.1) is 0 Å². The lowest BCUT2D eigenvalue weighted by Gasteiger charge is -2.25. The maximum atomic E-state index is 12.0. The Balaban J connectivity index is 3.74. The second-order valence-electron chi connectivity index (χ2n) is 11.7. The normalized spacial score (nSPS) is 13.4. The minimum atomic E-state index is -3.98. The second kappa shape index (κ2) is 24.5. The van der Waals surface area contributed by atoms with E-state index in [4.69, 9.17) is 21.3 Å². The fourth-order valence-electron chi connectivity index (χ4n) is 4.38. The average molecular weight is 581 g/mol. The molecule has 0 aromatic carbocycles. The topological polar surface area (TPSA) is 71.0 Å². The first kappa shape index (κ1) is 37.8. The molecule has 0 aliphatic carbocycles. The number of hydrogen-bond donors (Lipinski definition) is 2. The number of likely N-dealkylation sites (N-methyl/N-ethyl adjacent to an activating group) is 1. The van der Waals surface area contributed by atoms with Crippen LogP contribution in [0.1, 0.15) is 122 Å². The summed E-state index contributed by atoms with van der Waals surface area (Å²) in [6, 6.07) is 0. The first-order valence-corrected chi connectivity index (χ1v) is 17.4. The third kappa shape index (κ3) is 26.0. The lowest BCUT2D eigenvalue weighted by atomic mass is 10.0. The molecular weight excluding hydrogens is 517 g/mol. The Labute approximate surface area is 241 Å². The van der Waals surface area contributed by atoms with E-state index < -0.39 is 7.82 Å². The minimum Gasteiger partial charge on any atom is -0.366 e. The van der Waals surface area contributed by atoms with Crippen molar-refractivity contribution in [1.82, 2.24) is 10.2 Å². The highest BCUT2D eigenvalue weighted by molar-refractivity contribution is 7.80. The molecule has 9 heteroatoms. The Morgan fingerprint density at radius 2 is 1.13 bits per heavy atom. The number of nitrogens with one attached hydrogen (secondary N) is 1. The highest BCUT2D eigenvalue weighted by Gasteiger charge is 2.22. The van der Waals surface area contributed by atoms with Crippen molar-refractivity contribution in [3.8, 4) is 0 Å². The molecule has 0 saturated carbocycles. The number of nitrogens with zero attached hydrogens (tertiary/aromatic N) is 2. The zero-order chi connectivity index (χ0) is 28.5.